The van der Waals surface area contributed by atoms with Crippen molar-refractivity contribution in [2.45, 2.75) is 39.0 Å². The number of rotatable bonds is 4. The van der Waals surface area contributed by atoms with E-state index in [4.69, 9.17) is 11.6 Å². The van der Waals surface area contributed by atoms with Gasteiger partial charge in [0.25, 0.3) is 0 Å². The first-order chi connectivity index (χ1) is 10.2. The van der Waals surface area contributed by atoms with Gasteiger partial charge in [-0.05, 0) is 31.9 Å². The zero-order valence-electron chi connectivity index (χ0n) is 12.7. The Labute approximate surface area is 131 Å². The Hall–Kier alpha value is -1.28. The maximum atomic E-state index is 6.30. The predicted octanol–water partition coefficient (Wildman–Crippen LogP) is 5.14. The van der Waals surface area contributed by atoms with E-state index in [0.717, 1.165) is 23.6 Å². The summed E-state index contributed by atoms with van der Waals surface area (Å²) >= 11 is 6.30. The van der Waals surface area contributed by atoms with Gasteiger partial charge >= 0.3 is 0 Å². The second-order valence-corrected chi connectivity index (χ2v) is 6.64. The number of nitrogens with one attached hydrogen (secondary N) is 1. The molecule has 1 saturated carbocycles. The van der Waals surface area contributed by atoms with Crippen LogP contribution in [-0.2, 0) is 0 Å². The molecule has 1 heterocycles. The Kier molecular flexibility index (Phi) is 4.34. The molecule has 3 heteroatoms. The molecular weight excluding hydrogens is 280 g/mol. The molecule has 1 fully saturated rings. The number of halogens is 1. The third-order valence-corrected chi connectivity index (χ3v) is 5.26. The summed E-state index contributed by atoms with van der Waals surface area (Å²) in [5, 5.41) is 4.86. The molecule has 112 valence electrons. The molecule has 0 bridgehead atoms. The van der Waals surface area contributed by atoms with Gasteiger partial charge in [-0.3, -0.25) is 4.98 Å². The van der Waals surface area contributed by atoms with Crippen molar-refractivity contribution in [1.29, 1.82) is 0 Å². The first-order valence-electron chi connectivity index (χ1n) is 7.89. The molecule has 1 aromatic heterocycles. The third kappa shape index (κ3) is 3.16. The molecule has 2 aromatic rings. The Balaban J connectivity index is 1.84. The average molecular weight is 303 g/mol. The third-order valence-electron chi connectivity index (χ3n) is 4.70. The van der Waals surface area contributed by atoms with Crippen LogP contribution in [0.25, 0.3) is 10.9 Å². The van der Waals surface area contributed by atoms with Gasteiger partial charge in [0, 0.05) is 34.6 Å². The van der Waals surface area contributed by atoms with Gasteiger partial charge in [0.15, 0.2) is 0 Å². The molecule has 1 N–H and O–H groups in total. The van der Waals surface area contributed by atoms with Crippen LogP contribution in [0.4, 0.5) is 5.69 Å². The Bertz CT molecular complexity index is 618. The van der Waals surface area contributed by atoms with E-state index in [0.29, 0.717) is 0 Å². The van der Waals surface area contributed by atoms with Crippen LogP contribution in [-0.4, -0.2) is 17.4 Å². The highest BCUT2D eigenvalue weighted by atomic mass is 35.5. The first kappa shape index (κ1) is 14.6. The van der Waals surface area contributed by atoms with Crippen LogP contribution in [0.5, 0.6) is 0 Å². The number of hydrogen-bond donors (Lipinski definition) is 1. The molecule has 3 rings (SSSR count). The maximum Gasteiger partial charge on any atom is 0.0725 e. The second kappa shape index (κ2) is 6.23. The molecular formula is C18H23ClN2. The van der Waals surface area contributed by atoms with Crippen LogP contribution in [0, 0.1) is 12.3 Å². The predicted molar refractivity (Wildman–Crippen MR) is 91.2 cm³/mol. The van der Waals surface area contributed by atoms with Crippen molar-refractivity contribution in [1.82, 2.24) is 4.98 Å². The molecule has 1 aromatic carbocycles. The quantitative estimate of drug-likeness (QED) is 0.791. The summed E-state index contributed by atoms with van der Waals surface area (Å²) in [6, 6.07) is 10.5. The monoisotopic (exact) mass is 302 g/mol. The van der Waals surface area contributed by atoms with E-state index in [9.17, 15) is 0 Å². The highest BCUT2D eigenvalue weighted by molar-refractivity contribution is 6.18. The van der Waals surface area contributed by atoms with Crippen LogP contribution in [0.3, 0.4) is 0 Å². The maximum absolute atomic E-state index is 6.30. The number of alkyl halides is 1. The lowest BCUT2D eigenvalue weighted by molar-refractivity contribution is 0.238. The van der Waals surface area contributed by atoms with Crippen molar-refractivity contribution < 1.29 is 0 Å². The number of pyridine rings is 1. The minimum absolute atomic E-state index is 0.262. The van der Waals surface area contributed by atoms with E-state index in [-0.39, 0.29) is 5.41 Å². The number of anilines is 1. The summed E-state index contributed by atoms with van der Waals surface area (Å²) in [5.41, 5.74) is 3.56. The van der Waals surface area contributed by atoms with Gasteiger partial charge in [-0.1, -0.05) is 37.5 Å². The fraction of sp³-hybridized carbons (Fsp3) is 0.500. The lowest BCUT2D eigenvalue weighted by atomic mass is 9.75. The van der Waals surface area contributed by atoms with E-state index >= 15 is 0 Å². The first-order valence-corrected chi connectivity index (χ1v) is 8.42. The molecule has 21 heavy (non-hydrogen) atoms. The number of para-hydroxylation sites is 1. The number of aromatic nitrogens is 1. The van der Waals surface area contributed by atoms with Crippen molar-refractivity contribution in [3.8, 4) is 0 Å². The summed E-state index contributed by atoms with van der Waals surface area (Å²) in [7, 11) is 0. The van der Waals surface area contributed by atoms with Crippen LogP contribution in [0.15, 0.2) is 30.3 Å². The SMILES string of the molecule is Cc1cc(NCC2(CCl)CCCCC2)c2ccccc2n1. The zero-order valence-corrected chi connectivity index (χ0v) is 13.4. The lowest BCUT2D eigenvalue weighted by Crippen LogP contribution is -2.34. The van der Waals surface area contributed by atoms with Crippen molar-refractivity contribution in [2.24, 2.45) is 5.41 Å². The van der Waals surface area contributed by atoms with Gasteiger partial charge in [0.1, 0.15) is 0 Å². The van der Waals surface area contributed by atoms with Crippen molar-refractivity contribution in [3.63, 3.8) is 0 Å². The highest BCUT2D eigenvalue weighted by Gasteiger charge is 2.31. The average Bonchev–Trinajstić information content (AvgIpc) is 2.53. The molecule has 0 amide bonds. The van der Waals surface area contributed by atoms with Gasteiger partial charge in [-0.15, -0.1) is 11.6 Å². The Morgan fingerprint density at radius 1 is 1.19 bits per heavy atom. The molecule has 0 saturated heterocycles. The van der Waals surface area contributed by atoms with E-state index in [1.54, 1.807) is 0 Å². The molecule has 0 aliphatic heterocycles. The standard InChI is InChI=1S/C18H23ClN2/c1-14-11-17(15-7-3-4-8-16(15)21-14)20-13-18(12-19)9-5-2-6-10-18/h3-4,7-8,11H,2,5-6,9-10,12-13H2,1H3,(H,20,21). The summed E-state index contributed by atoms with van der Waals surface area (Å²) in [5.74, 6) is 0.752. The minimum Gasteiger partial charge on any atom is -0.384 e. The number of hydrogen-bond acceptors (Lipinski definition) is 2. The van der Waals surface area contributed by atoms with Crippen LogP contribution in [0.1, 0.15) is 37.8 Å². The van der Waals surface area contributed by atoms with Gasteiger partial charge in [-0.25, -0.2) is 0 Å². The molecule has 2 nitrogen and oxygen atoms in total. The fourth-order valence-electron chi connectivity index (χ4n) is 3.40. The highest BCUT2D eigenvalue weighted by Crippen LogP contribution is 2.38. The van der Waals surface area contributed by atoms with E-state index in [1.807, 2.05) is 6.07 Å². The van der Waals surface area contributed by atoms with Crippen LogP contribution < -0.4 is 5.32 Å². The van der Waals surface area contributed by atoms with E-state index in [1.165, 1.54) is 43.2 Å². The summed E-state index contributed by atoms with van der Waals surface area (Å²) in [6.07, 6.45) is 6.46. The summed E-state index contributed by atoms with van der Waals surface area (Å²) in [4.78, 5) is 4.60. The van der Waals surface area contributed by atoms with E-state index < -0.39 is 0 Å². The van der Waals surface area contributed by atoms with Gasteiger partial charge < -0.3 is 5.32 Å². The minimum atomic E-state index is 0.262. The van der Waals surface area contributed by atoms with Crippen molar-refractivity contribution in [2.75, 3.05) is 17.7 Å². The molecule has 0 atom stereocenters. The van der Waals surface area contributed by atoms with Gasteiger partial charge in [-0.2, -0.15) is 0 Å². The Morgan fingerprint density at radius 2 is 1.95 bits per heavy atom. The largest absolute Gasteiger partial charge is 0.384 e. The number of nitrogens with zero attached hydrogens (tertiary/aromatic N) is 1. The van der Waals surface area contributed by atoms with Gasteiger partial charge in [0.2, 0.25) is 0 Å². The zero-order chi connectivity index (χ0) is 14.7. The fourth-order valence-corrected chi connectivity index (χ4v) is 3.76. The van der Waals surface area contributed by atoms with Gasteiger partial charge in [0.05, 0.1) is 5.52 Å². The normalized spacial score (nSPS) is 17.8. The summed E-state index contributed by atoms with van der Waals surface area (Å²) < 4.78 is 0. The number of benzene rings is 1. The lowest BCUT2D eigenvalue weighted by Gasteiger charge is -2.36. The smallest absolute Gasteiger partial charge is 0.0725 e. The molecule has 0 spiro atoms. The topological polar surface area (TPSA) is 24.9 Å². The van der Waals surface area contributed by atoms with Crippen LogP contribution >= 0.6 is 11.6 Å². The molecule has 1 aliphatic rings. The molecule has 0 unspecified atom stereocenters. The van der Waals surface area contributed by atoms with Crippen LogP contribution in [0.2, 0.25) is 0 Å². The van der Waals surface area contributed by atoms with E-state index in [2.05, 4.69) is 41.5 Å². The number of fused-ring (bicyclic) bond motifs is 1. The molecule has 1 aliphatic carbocycles. The second-order valence-electron chi connectivity index (χ2n) is 6.38. The molecule has 0 radical (unpaired) electrons. The number of aryl methyl sites for hydroxylation is 1. The van der Waals surface area contributed by atoms with Crippen molar-refractivity contribution in [3.05, 3.63) is 36.0 Å². The van der Waals surface area contributed by atoms with Crippen molar-refractivity contribution >= 4 is 28.2 Å². The summed E-state index contributed by atoms with van der Waals surface area (Å²) in [6.45, 7) is 3.01. The Morgan fingerprint density at radius 3 is 2.71 bits per heavy atom.